The molecule has 2 aromatic carbocycles. The first kappa shape index (κ1) is 15.1. The van der Waals surface area contributed by atoms with Gasteiger partial charge in [0, 0.05) is 25.3 Å². The van der Waals surface area contributed by atoms with Crippen LogP contribution in [0.4, 0.5) is 5.69 Å². The predicted molar refractivity (Wildman–Crippen MR) is 99.9 cm³/mol. The molecule has 0 amide bonds. The van der Waals surface area contributed by atoms with Crippen molar-refractivity contribution in [1.82, 2.24) is 4.90 Å². The maximum Gasteiger partial charge on any atom is 0.0515 e. The molecule has 0 N–H and O–H groups in total. The second-order valence-corrected chi connectivity index (χ2v) is 8.21. The van der Waals surface area contributed by atoms with Gasteiger partial charge in [0.25, 0.3) is 0 Å². The number of nitrogens with zero attached hydrogens (tertiary/aromatic N) is 2. The van der Waals surface area contributed by atoms with Crippen molar-refractivity contribution in [2.45, 2.75) is 24.0 Å². The Kier molecular flexibility index (Phi) is 4.32. The Morgan fingerprint density at radius 1 is 0.870 bits per heavy atom. The zero-order valence-electron chi connectivity index (χ0n) is 13.5. The Labute approximate surface area is 143 Å². The van der Waals surface area contributed by atoms with E-state index in [1.807, 2.05) is 0 Å². The smallest absolute Gasteiger partial charge is 0.0515 e. The maximum atomic E-state index is 2.66. The molecule has 2 fully saturated rings. The number of para-hydroxylation sites is 1. The van der Waals surface area contributed by atoms with E-state index in [2.05, 4.69) is 81.8 Å². The summed E-state index contributed by atoms with van der Waals surface area (Å²) in [7, 11) is 0. The van der Waals surface area contributed by atoms with Crippen LogP contribution in [0.3, 0.4) is 0 Å². The molecule has 120 valence electrons. The molecule has 0 aromatic heterocycles. The zero-order chi connectivity index (χ0) is 15.5. The van der Waals surface area contributed by atoms with Crippen LogP contribution >= 0.6 is 11.9 Å². The topological polar surface area (TPSA) is 6.48 Å². The standard InChI is InChI=1S/C20H24N2S/c1-3-7-18(8-4-1)11-14-21-15-12-20(17-21)13-16-22(23-20)19-9-5-2-6-10-19/h1-10H,11-17H2. The van der Waals surface area contributed by atoms with Crippen molar-refractivity contribution in [1.29, 1.82) is 0 Å². The van der Waals surface area contributed by atoms with Gasteiger partial charge in [0.1, 0.15) is 0 Å². The lowest BCUT2D eigenvalue weighted by atomic mass is 10.0. The molecular formula is C20H24N2S. The van der Waals surface area contributed by atoms with Crippen LogP contribution in [0.2, 0.25) is 0 Å². The molecule has 0 radical (unpaired) electrons. The zero-order valence-corrected chi connectivity index (χ0v) is 14.3. The summed E-state index contributed by atoms with van der Waals surface area (Å²) in [6.45, 7) is 4.87. The van der Waals surface area contributed by atoms with Crippen molar-refractivity contribution in [3.05, 3.63) is 66.2 Å². The lowest BCUT2D eigenvalue weighted by molar-refractivity contribution is 0.334. The Morgan fingerprint density at radius 2 is 1.57 bits per heavy atom. The van der Waals surface area contributed by atoms with Crippen molar-refractivity contribution >= 4 is 17.6 Å². The Balaban J connectivity index is 1.33. The first-order valence-corrected chi connectivity index (χ1v) is 9.38. The van der Waals surface area contributed by atoms with Crippen LogP contribution in [-0.4, -0.2) is 35.8 Å². The van der Waals surface area contributed by atoms with Crippen molar-refractivity contribution in [2.24, 2.45) is 0 Å². The normalized spacial score (nSPS) is 24.6. The summed E-state index contributed by atoms with van der Waals surface area (Å²) >= 11 is 2.09. The molecule has 2 nitrogen and oxygen atoms in total. The SMILES string of the molecule is c1ccc(CCN2CCC3(CCN(c4ccccc4)S3)C2)cc1. The second kappa shape index (κ2) is 6.58. The van der Waals surface area contributed by atoms with E-state index in [9.17, 15) is 0 Å². The largest absolute Gasteiger partial charge is 0.316 e. The van der Waals surface area contributed by atoms with E-state index < -0.39 is 0 Å². The summed E-state index contributed by atoms with van der Waals surface area (Å²) in [5, 5.41) is 0. The van der Waals surface area contributed by atoms with Crippen molar-refractivity contribution < 1.29 is 0 Å². The molecule has 1 atom stereocenters. The Morgan fingerprint density at radius 3 is 2.35 bits per heavy atom. The van der Waals surface area contributed by atoms with Gasteiger partial charge >= 0.3 is 0 Å². The van der Waals surface area contributed by atoms with E-state index in [4.69, 9.17) is 0 Å². The van der Waals surface area contributed by atoms with Gasteiger partial charge in [-0.3, -0.25) is 0 Å². The van der Waals surface area contributed by atoms with Crippen molar-refractivity contribution in [3.8, 4) is 0 Å². The molecule has 2 aromatic rings. The number of hydrogen-bond acceptors (Lipinski definition) is 3. The molecule has 2 heterocycles. The summed E-state index contributed by atoms with van der Waals surface area (Å²) in [5.41, 5.74) is 2.82. The number of anilines is 1. The summed E-state index contributed by atoms with van der Waals surface area (Å²) in [6, 6.07) is 21.7. The van der Waals surface area contributed by atoms with E-state index in [1.54, 1.807) is 0 Å². The molecule has 1 unspecified atom stereocenters. The van der Waals surface area contributed by atoms with E-state index >= 15 is 0 Å². The number of benzene rings is 2. The fraction of sp³-hybridized carbons (Fsp3) is 0.400. The molecule has 3 heteroatoms. The Hall–Kier alpha value is -1.45. The quantitative estimate of drug-likeness (QED) is 0.777. The van der Waals surface area contributed by atoms with E-state index in [-0.39, 0.29) is 0 Å². The van der Waals surface area contributed by atoms with Crippen LogP contribution in [0.25, 0.3) is 0 Å². The lowest BCUT2D eigenvalue weighted by Gasteiger charge is -2.24. The Bertz CT molecular complexity index is 631. The van der Waals surface area contributed by atoms with Crippen LogP contribution in [0.1, 0.15) is 18.4 Å². The maximum absolute atomic E-state index is 2.66. The first-order valence-electron chi connectivity index (χ1n) is 8.61. The highest BCUT2D eigenvalue weighted by Crippen LogP contribution is 2.47. The molecule has 2 saturated heterocycles. The van der Waals surface area contributed by atoms with Crippen LogP contribution < -0.4 is 4.31 Å². The number of likely N-dealkylation sites (tertiary alicyclic amines) is 1. The molecule has 0 aliphatic carbocycles. The predicted octanol–water partition coefficient (Wildman–Crippen LogP) is 4.23. The fourth-order valence-electron chi connectivity index (χ4n) is 3.74. The lowest BCUT2D eigenvalue weighted by Crippen LogP contribution is -2.29. The summed E-state index contributed by atoms with van der Waals surface area (Å²) in [6.07, 6.45) is 3.81. The van der Waals surface area contributed by atoms with Gasteiger partial charge in [0.05, 0.1) is 4.75 Å². The molecule has 0 saturated carbocycles. The molecule has 1 spiro atoms. The molecule has 2 aliphatic heterocycles. The van der Waals surface area contributed by atoms with E-state index in [0.29, 0.717) is 4.75 Å². The molecule has 4 rings (SSSR count). The van der Waals surface area contributed by atoms with Gasteiger partial charge < -0.3 is 9.21 Å². The number of hydrogen-bond donors (Lipinski definition) is 0. The summed E-state index contributed by atoms with van der Waals surface area (Å²) in [4.78, 5) is 2.66. The molecule has 0 bridgehead atoms. The number of rotatable bonds is 4. The average molecular weight is 324 g/mol. The third kappa shape index (κ3) is 3.41. The summed E-state index contributed by atoms with van der Waals surface area (Å²) < 4.78 is 2.95. The van der Waals surface area contributed by atoms with Gasteiger partial charge in [-0.25, -0.2) is 0 Å². The van der Waals surface area contributed by atoms with Crippen molar-refractivity contribution in [2.75, 3.05) is 30.5 Å². The highest BCUT2D eigenvalue weighted by atomic mass is 32.2. The monoisotopic (exact) mass is 324 g/mol. The third-order valence-electron chi connectivity index (χ3n) is 5.07. The minimum absolute atomic E-state index is 0.451. The highest BCUT2D eigenvalue weighted by molar-refractivity contribution is 8.02. The summed E-state index contributed by atoms with van der Waals surface area (Å²) in [5.74, 6) is 0. The van der Waals surface area contributed by atoms with Crippen LogP contribution in [0.15, 0.2) is 60.7 Å². The van der Waals surface area contributed by atoms with Gasteiger partial charge in [-0.05, 0) is 55.5 Å². The van der Waals surface area contributed by atoms with Crippen LogP contribution in [-0.2, 0) is 6.42 Å². The third-order valence-corrected chi connectivity index (χ3v) is 6.61. The molecule has 2 aliphatic rings. The van der Waals surface area contributed by atoms with Crippen LogP contribution in [0.5, 0.6) is 0 Å². The minimum atomic E-state index is 0.451. The molecular weight excluding hydrogens is 300 g/mol. The van der Waals surface area contributed by atoms with Gasteiger partial charge in [0.2, 0.25) is 0 Å². The average Bonchev–Trinajstić information content (AvgIpc) is 3.22. The van der Waals surface area contributed by atoms with Gasteiger partial charge in [-0.15, -0.1) is 0 Å². The van der Waals surface area contributed by atoms with Gasteiger partial charge in [-0.1, -0.05) is 48.5 Å². The minimum Gasteiger partial charge on any atom is -0.316 e. The van der Waals surface area contributed by atoms with Crippen LogP contribution in [0, 0.1) is 0 Å². The fourth-order valence-corrected chi connectivity index (χ4v) is 5.22. The first-order chi connectivity index (χ1) is 11.3. The molecule has 23 heavy (non-hydrogen) atoms. The van der Waals surface area contributed by atoms with Gasteiger partial charge in [0.15, 0.2) is 0 Å². The van der Waals surface area contributed by atoms with E-state index in [1.165, 1.54) is 56.7 Å². The van der Waals surface area contributed by atoms with E-state index in [0.717, 1.165) is 0 Å². The van der Waals surface area contributed by atoms with Crippen molar-refractivity contribution in [3.63, 3.8) is 0 Å². The van der Waals surface area contributed by atoms with Gasteiger partial charge in [-0.2, -0.15) is 0 Å². The highest BCUT2D eigenvalue weighted by Gasteiger charge is 2.44. The second-order valence-electron chi connectivity index (χ2n) is 6.72.